The maximum atomic E-state index is 5.75. The lowest BCUT2D eigenvalue weighted by Gasteiger charge is -2.08. The molecule has 1 atom stereocenters. The van der Waals surface area contributed by atoms with Crippen LogP contribution in [-0.4, -0.2) is 18.7 Å². The summed E-state index contributed by atoms with van der Waals surface area (Å²) in [6.07, 6.45) is 1.63. The van der Waals surface area contributed by atoms with E-state index in [-0.39, 0.29) is 6.04 Å². The quantitative estimate of drug-likeness (QED) is 0.776. The zero-order chi connectivity index (χ0) is 8.97. The van der Waals surface area contributed by atoms with Crippen LogP contribution in [0.5, 0.6) is 0 Å². The molecule has 1 heterocycles. The second-order valence-electron chi connectivity index (χ2n) is 2.46. The van der Waals surface area contributed by atoms with Gasteiger partial charge in [0, 0.05) is 18.3 Å². The molecule has 0 unspecified atom stereocenters. The van der Waals surface area contributed by atoms with Crippen LogP contribution in [-0.2, 0) is 4.74 Å². The molecule has 0 saturated carbocycles. The largest absolute Gasteiger partial charge is 0.383 e. The van der Waals surface area contributed by atoms with Crippen molar-refractivity contribution in [2.75, 3.05) is 13.7 Å². The highest BCUT2D eigenvalue weighted by Crippen LogP contribution is 2.12. The first kappa shape index (κ1) is 9.45. The van der Waals surface area contributed by atoms with Gasteiger partial charge >= 0.3 is 0 Å². The van der Waals surface area contributed by atoms with Gasteiger partial charge in [-0.25, -0.2) is 0 Å². The van der Waals surface area contributed by atoms with Crippen molar-refractivity contribution in [3.63, 3.8) is 0 Å². The van der Waals surface area contributed by atoms with Gasteiger partial charge in [-0.15, -0.1) is 0 Å². The lowest BCUT2D eigenvalue weighted by atomic mass is 10.2. The Bertz CT molecular complexity index is 255. The van der Waals surface area contributed by atoms with E-state index in [4.69, 9.17) is 22.1 Å². The van der Waals surface area contributed by atoms with E-state index in [0.717, 1.165) is 5.69 Å². The van der Waals surface area contributed by atoms with E-state index in [1.165, 1.54) is 0 Å². The Morgan fingerprint density at radius 1 is 1.75 bits per heavy atom. The third kappa shape index (κ3) is 2.44. The van der Waals surface area contributed by atoms with E-state index in [9.17, 15) is 0 Å². The second-order valence-corrected chi connectivity index (χ2v) is 2.90. The first-order valence-corrected chi connectivity index (χ1v) is 3.98. The fraction of sp³-hybridized carbons (Fsp3) is 0.375. The van der Waals surface area contributed by atoms with Crippen molar-refractivity contribution < 1.29 is 4.74 Å². The number of methoxy groups -OCH3 is 1. The molecular formula is C8H11ClN2O. The van der Waals surface area contributed by atoms with E-state index < -0.39 is 0 Å². The predicted octanol–water partition coefficient (Wildman–Crippen LogP) is 1.38. The smallest absolute Gasteiger partial charge is 0.0708 e. The standard InChI is InChI=1S/C8H11ClN2O/c1-12-5-7(10)8-4-6(9)2-3-11-8/h2-4,7H,5,10H2,1H3/t7-/m1/s1. The monoisotopic (exact) mass is 186 g/mol. The minimum Gasteiger partial charge on any atom is -0.383 e. The van der Waals surface area contributed by atoms with Crippen LogP contribution in [0.1, 0.15) is 11.7 Å². The molecule has 1 aromatic heterocycles. The van der Waals surface area contributed by atoms with Crippen LogP contribution in [0.4, 0.5) is 0 Å². The molecule has 0 aromatic carbocycles. The molecule has 3 nitrogen and oxygen atoms in total. The van der Waals surface area contributed by atoms with Crippen LogP contribution in [0.2, 0.25) is 5.02 Å². The molecular weight excluding hydrogens is 176 g/mol. The van der Waals surface area contributed by atoms with Gasteiger partial charge in [0.15, 0.2) is 0 Å². The van der Waals surface area contributed by atoms with Gasteiger partial charge in [-0.05, 0) is 12.1 Å². The lowest BCUT2D eigenvalue weighted by Crippen LogP contribution is -2.17. The highest BCUT2D eigenvalue weighted by atomic mass is 35.5. The van der Waals surface area contributed by atoms with Gasteiger partial charge in [0.25, 0.3) is 0 Å². The number of ether oxygens (including phenoxy) is 1. The number of rotatable bonds is 3. The molecule has 0 aliphatic rings. The van der Waals surface area contributed by atoms with E-state index in [0.29, 0.717) is 11.6 Å². The third-order valence-corrected chi connectivity index (χ3v) is 1.70. The third-order valence-electron chi connectivity index (χ3n) is 1.47. The number of nitrogens with two attached hydrogens (primary N) is 1. The number of nitrogens with zero attached hydrogens (tertiary/aromatic N) is 1. The lowest BCUT2D eigenvalue weighted by molar-refractivity contribution is 0.179. The summed E-state index contributed by atoms with van der Waals surface area (Å²) >= 11 is 5.75. The SMILES string of the molecule is COC[C@@H](N)c1cc(Cl)ccn1. The predicted molar refractivity (Wildman–Crippen MR) is 48.1 cm³/mol. The summed E-state index contributed by atoms with van der Waals surface area (Å²) in [5.74, 6) is 0. The van der Waals surface area contributed by atoms with Gasteiger partial charge < -0.3 is 10.5 Å². The van der Waals surface area contributed by atoms with Crippen molar-refractivity contribution in [1.82, 2.24) is 4.98 Å². The Morgan fingerprint density at radius 3 is 3.08 bits per heavy atom. The van der Waals surface area contributed by atoms with Crippen molar-refractivity contribution in [3.8, 4) is 0 Å². The average molecular weight is 187 g/mol. The van der Waals surface area contributed by atoms with Gasteiger partial charge in [-0.3, -0.25) is 4.98 Å². The van der Waals surface area contributed by atoms with Crippen LogP contribution >= 0.6 is 11.6 Å². The Morgan fingerprint density at radius 2 is 2.50 bits per heavy atom. The number of pyridine rings is 1. The molecule has 12 heavy (non-hydrogen) atoms. The van der Waals surface area contributed by atoms with Gasteiger partial charge in [-0.2, -0.15) is 0 Å². The zero-order valence-electron chi connectivity index (χ0n) is 6.83. The van der Waals surface area contributed by atoms with E-state index >= 15 is 0 Å². The first-order valence-electron chi connectivity index (χ1n) is 3.60. The Hall–Kier alpha value is -0.640. The maximum absolute atomic E-state index is 5.75. The molecule has 1 rings (SSSR count). The maximum Gasteiger partial charge on any atom is 0.0708 e. The fourth-order valence-electron chi connectivity index (χ4n) is 0.889. The summed E-state index contributed by atoms with van der Waals surface area (Å²) in [6.45, 7) is 0.452. The Balaban J connectivity index is 2.73. The molecule has 4 heteroatoms. The molecule has 0 saturated heterocycles. The van der Waals surface area contributed by atoms with Crippen molar-refractivity contribution in [3.05, 3.63) is 29.0 Å². The summed E-state index contributed by atoms with van der Waals surface area (Å²) in [6, 6.07) is 3.25. The van der Waals surface area contributed by atoms with Gasteiger partial charge in [0.05, 0.1) is 18.3 Å². The number of aromatic nitrogens is 1. The zero-order valence-corrected chi connectivity index (χ0v) is 7.58. The van der Waals surface area contributed by atoms with E-state index in [1.54, 1.807) is 25.4 Å². The average Bonchev–Trinajstić information content (AvgIpc) is 2.05. The molecule has 0 amide bonds. The fourth-order valence-corrected chi connectivity index (χ4v) is 1.06. The van der Waals surface area contributed by atoms with Gasteiger partial charge in [0.2, 0.25) is 0 Å². The first-order chi connectivity index (χ1) is 5.74. The van der Waals surface area contributed by atoms with Crippen LogP contribution < -0.4 is 5.73 Å². The summed E-state index contributed by atoms with van der Waals surface area (Å²) in [7, 11) is 1.60. The minimum atomic E-state index is -0.200. The molecule has 0 aliphatic heterocycles. The van der Waals surface area contributed by atoms with Crippen molar-refractivity contribution in [2.45, 2.75) is 6.04 Å². The van der Waals surface area contributed by atoms with Crippen molar-refractivity contribution >= 4 is 11.6 Å². The molecule has 0 aliphatic carbocycles. The number of hydrogen-bond acceptors (Lipinski definition) is 3. The van der Waals surface area contributed by atoms with Crippen molar-refractivity contribution in [1.29, 1.82) is 0 Å². The number of halogens is 1. The highest BCUT2D eigenvalue weighted by Gasteiger charge is 2.06. The topological polar surface area (TPSA) is 48.1 Å². The van der Waals surface area contributed by atoms with Crippen LogP contribution in [0.3, 0.4) is 0 Å². The highest BCUT2D eigenvalue weighted by molar-refractivity contribution is 6.30. The summed E-state index contributed by atoms with van der Waals surface area (Å²) in [5, 5.41) is 0.645. The summed E-state index contributed by atoms with van der Waals surface area (Å²) < 4.78 is 4.89. The second kappa shape index (κ2) is 4.40. The van der Waals surface area contributed by atoms with Gasteiger partial charge in [0.1, 0.15) is 0 Å². The molecule has 1 aromatic rings. The molecule has 0 bridgehead atoms. The normalized spacial score (nSPS) is 12.9. The van der Waals surface area contributed by atoms with Crippen molar-refractivity contribution in [2.24, 2.45) is 5.73 Å². The molecule has 0 fully saturated rings. The summed E-state index contributed by atoms with van der Waals surface area (Å²) in [5.41, 5.74) is 6.48. The van der Waals surface area contributed by atoms with Crippen LogP contribution in [0.15, 0.2) is 18.3 Å². The van der Waals surface area contributed by atoms with E-state index in [1.807, 2.05) is 0 Å². The summed E-state index contributed by atoms with van der Waals surface area (Å²) in [4.78, 5) is 4.07. The number of hydrogen-bond donors (Lipinski definition) is 1. The van der Waals surface area contributed by atoms with Crippen LogP contribution in [0.25, 0.3) is 0 Å². The van der Waals surface area contributed by atoms with Crippen LogP contribution in [0, 0.1) is 0 Å². The van der Waals surface area contributed by atoms with Gasteiger partial charge in [-0.1, -0.05) is 11.6 Å². The molecule has 2 N–H and O–H groups in total. The van der Waals surface area contributed by atoms with E-state index in [2.05, 4.69) is 4.98 Å². The molecule has 0 radical (unpaired) electrons. The minimum absolute atomic E-state index is 0.200. The Kier molecular flexibility index (Phi) is 3.47. The molecule has 0 spiro atoms. The molecule has 66 valence electrons. The Labute approximate surface area is 76.5 Å².